The third-order valence-electron chi connectivity index (χ3n) is 3.00. The fraction of sp³-hybridized carbons (Fsp3) is 0.111. The van der Waals surface area contributed by atoms with Crippen molar-refractivity contribution >= 4 is 33.8 Å². The number of halogens is 1. The SMILES string of the molecule is COc1cccc(/C=C/C(=O)OCC(=O)c2cccc(Br)c2)c1. The molecule has 0 radical (unpaired) electrons. The lowest BCUT2D eigenvalue weighted by atomic mass is 10.1. The van der Waals surface area contributed by atoms with Crippen molar-refractivity contribution in [1.82, 2.24) is 0 Å². The molecule has 4 nitrogen and oxygen atoms in total. The molecule has 0 amide bonds. The van der Waals surface area contributed by atoms with Crippen LogP contribution in [0.2, 0.25) is 0 Å². The van der Waals surface area contributed by atoms with Gasteiger partial charge in [-0.3, -0.25) is 4.79 Å². The fourth-order valence-electron chi connectivity index (χ4n) is 1.84. The second-order valence-corrected chi connectivity index (χ2v) is 5.57. The summed E-state index contributed by atoms with van der Waals surface area (Å²) in [6.07, 6.45) is 2.89. The van der Waals surface area contributed by atoms with Crippen LogP contribution in [0, 0.1) is 0 Å². The van der Waals surface area contributed by atoms with Crippen LogP contribution in [0.3, 0.4) is 0 Å². The number of Topliss-reactive ketones (excluding diaryl/α,β-unsaturated/α-hetero) is 1. The molecule has 0 aliphatic carbocycles. The molecule has 2 aromatic carbocycles. The third kappa shape index (κ3) is 5.38. The van der Waals surface area contributed by atoms with Gasteiger partial charge in [0.05, 0.1) is 7.11 Å². The highest BCUT2D eigenvalue weighted by Gasteiger charge is 2.08. The summed E-state index contributed by atoms with van der Waals surface area (Å²) in [5, 5.41) is 0. The minimum Gasteiger partial charge on any atom is -0.497 e. The van der Waals surface area contributed by atoms with Gasteiger partial charge in [0, 0.05) is 16.1 Å². The second kappa shape index (κ2) is 8.29. The van der Waals surface area contributed by atoms with Crippen molar-refractivity contribution in [3.63, 3.8) is 0 Å². The van der Waals surface area contributed by atoms with Crippen LogP contribution < -0.4 is 4.74 Å². The molecule has 2 rings (SSSR count). The first-order valence-corrected chi connectivity index (χ1v) is 7.65. The van der Waals surface area contributed by atoms with Gasteiger partial charge in [-0.25, -0.2) is 4.79 Å². The first kappa shape index (κ1) is 17.0. The molecule has 5 heteroatoms. The van der Waals surface area contributed by atoms with E-state index in [1.54, 1.807) is 37.5 Å². The number of esters is 1. The summed E-state index contributed by atoms with van der Waals surface area (Å²) in [5.41, 5.74) is 1.29. The Morgan fingerprint density at radius 1 is 1.13 bits per heavy atom. The third-order valence-corrected chi connectivity index (χ3v) is 3.49. The van der Waals surface area contributed by atoms with Crippen molar-refractivity contribution in [2.24, 2.45) is 0 Å². The smallest absolute Gasteiger partial charge is 0.331 e. The number of rotatable bonds is 6. The number of methoxy groups -OCH3 is 1. The van der Waals surface area contributed by atoms with Crippen LogP contribution in [0.25, 0.3) is 6.08 Å². The number of ketones is 1. The standard InChI is InChI=1S/C18H15BrO4/c1-22-16-7-2-4-13(10-16)8-9-18(21)23-12-17(20)14-5-3-6-15(19)11-14/h2-11H,12H2,1H3/b9-8+. The van der Waals surface area contributed by atoms with E-state index in [1.807, 2.05) is 24.3 Å². The van der Waals surface area contributed by atoms with E-state index in [0.29, 0.717) is 11.3 Å². The molecule has 0 atom stereocenters. The number of hydrogen-bond donors (Lipinski definition) is 0. The van der Waals surface area contributed by atoms with E-state index in [0.717, 1.165) is 10.0 Å². The predicted molar refractivity (Wildman–Crippen MR) is 91.5 cm³/mol. The maximum absolute atomic E-state index is 11.9. The molecular weight excluding hydrogens is 360 g/mol. The maximum atomic E-state index is 11.9. The van der Waals surface area contributed by atoms with Crippen molar-refractivity contribution in [2.45, 2.75) is 0 Å². The topological polar surface area (TPSA) is 52.6 Å². The van der Waals surface area contributed by atoms with Crippen molar-refractivity contribution < 1.29 is 19.1 Å². The first-order valence-electron chi connectivity index (χ1n) is 6.86. The van der Waals surface area contributed by atoms with Gasteiger partial charge >= 0.3 is 5.97 Å². The van der Waals surface area contributed by atoms with Crippen molar-refractivity contribution in [2.75, 3.05) is 13.7 Å². The molecule has 0 unspecified atom stereocenters. The summed E-state index contributed by atoms with van der Waals surface area (Å²) < 4.78 is 10.9. The molecule has 0 fully saturated rings. The average Bonchev–Trinajstić information content (AvgIpc) is 2.58. The molecule has 0 aliphatic rings. The molecule has 2 aromatic rings. The van der Waals surface area contributed by atoms with Crippen LogP contribution in [-0.2, 0) is 9.53 Å². The Labute approximate surface area is 142 Å². The van der Waals surface area contributed by atoms with Gasteiger partial charge in [0.1, 0.15) is 5.75 Å². The van der Waals surface area contributed by atoms with E-state index in [9.17, 15) is 9.59 Å². The molecule has 0 spiro atoms. The normalized spacial score (nSPS) is 10.5. The first-order chi connectivity index (χ1) is 11.1. The van der Waals surface area contributed by atoms with E-state index in [1.165, 1.54) is 6.08 Å². The Hall–Kier alpha value is -2.40. The summed E-state index contributed by atoms with van der Waals surface area (Å²) in [5.74, 6) is -0.129. The van der Waals surface area contributed by atoms with Crippen molar-refractivity contribution in [1.29, 1.82) is 0 Å². The minimum absolute atomic E-state index is 0.255. The van der Waals surface area contributed by atoms with Crippen LogP contribution in [0.1, 0.15) is 15.9 Å². The van der Waals surface area contributed by atoms with Crippen LogP contribution in [0.4, 0.5) is 0 Å². The predicted octanol–water partition coefficient (Wildman–Crippen LogP) is 3.90. The lowest BCUT2D eigenvalue weighted by Crippen LogP contribution is -2.12. The number of hydrogen-bond acceptors (Lipinski definition) is 4. The zero-order valence-corrected chi connectivity index (χ0v) is 14.1. The lowest BCUT2D eigenvalue weighted by molar-refractivity contribution is -0.136. The van der Waals surface area contributed by atoms with Crippen molar-refractivity contribution in [3.8, 4) is 5.75 Å². The number of ether oxygens (including phenoxy) is 2. The van der Waals surface area contributed by atoms with Gasteiger partial charge in [0.25, 0.3) is 0 Å². The van der Waals surface area contributed by atoms with Crippen LogP contribution >= 0.6 is 15.9 Å². The zero-order chi connectivity index (χ0) is 16.7. The highest BCUT2D eigenvalue weighted by atomic mass is 79.9. The largest absolute Gasteiger partial charge is 0.497 e. The van der Waals surface area contributed by atoms with Gasteiger partial charge < -0.3 is 9.47 Å². The van der Waals surface area contributed by atoms with Crippen LogP contribution in [0.5, 0.6) is 5.75 Å². The Bertz CT molecular complexity index is 737. The Balaban J connectivity index is 1.89. The quantitative estimate of drug-likeness (QED) is 0.437. The molecule has 23 heavy (non-hydrogen) atoms. The zero-order valence-electron chi connectivity index (χ0n) is 12.5. The molecule has 118 valence electrons. The van der Waals surface area contributed by atoms with E-state index < -0.39 is 5.97 Å². The fourth-order valence-corrected chi connectivity index (χ4v) is 2.24. The van der Waals surface area contributed by atoms with Crippen LogP contribution in [-0.4, -0.2) is 25.5 Å². The molecule has 0 saturated heterocycles. The maximum Gasteiger partial charge on any atom is 0.331 e. The monoisotopic (exact) mass is 374 g/mol. The average molecular weight is 375 g/mol. The van der Waals surface area contributed by atoms with E-state index in [4.69, 9.17) is 9.47 Å². The Morgan fingerprint density at radius 3 is 2.65 bits per heavy atom. The lowest BCUT2D eigenvalue weighted by Gasteiger charge is -2.03. The van der Waals surface area contributed by atoms with Gasteiger partial charge in [0.15, 0.2) is 12.4 Å². The molecule has 0 saturated carbocycles. The summed E-state index contributed by atoms with van der Waals surface area (Å²) >= 11 is 3.29. The highest BCUT2D eigenvalue weighted by Crippen LogP contribution is 2.14. The van der Waals surface area contributed by atoms with Gasteiger partial charge in [0.2, 0.25) is 0 Å². The van der Waals surface area contributed by atoms with Gasteiger partial charge in [-0.2, -0.15) is 0 Å². The van der Waals surface area contributed by atoms with Gasteiger partial charge in [-0.15, -0.1) is 0 Å². The highest BCUT2D eigenvalue weighted by molar-refractivity contribution is 9.10. The van der Waals surface area contributed by atoms with E-state index >= 15 is 0 Å². The molecule has 0 aliphatic heterocycles. The van der Waals surface area contributed by atoms with Crippen LogP contribution in [0.15, 0.2) is 59.1 Å². The summed E-state index contributed by atoms with van der Waals surface area (Å²) in [6.45, 7) is -0.294. The molecule has 0 N–H and O–H groups in total. The number of carbonyl (C=O) groups is 2. The number of benzene rings is 2. The molecule has 0 heterocycles. The summed E-state index contributed by atoms with van der Waals surface area (Å²) in [4.78, 5) is 23.6. The summed E-state index contributed by atoms with van der Waals surface area (Å²) in [7, 11) is 1.57. The van der Waals surface area contributed by atoms with Gasteiger partial charge in [-0.05, 0) is 35.9 Å². The molecule has 0 bridgehead atoms. The molecule has 0 aromatic heterocycles. The Kier molecular flexibility index (Phi) is 6.11. The van der Waals surface area contributed by atoms with Gasteiger partial charge in [-0.1, -0.05) is 40.2 Å². The van der Waals surface area contributed by atoms with E-state index in [-0.39, 0.29) is 12.4 Å². The summed E-state index contributed by atoms with van der Waals surface area (Å²) in [6, 6.07) is 14.2. The van der Waals surface area contributed by atoms with E-state index in [2.05, 4.69) is 15.9 Å². The number of carbonyl (C=O) groups excluding carboxylic acids is 2. The second-order valence-electron chi connectivity index (χ2n) is 4.65. The molecular formula is C18H15BrO4. The minimum atomic E-state index is -0.573. The Morgan fingerprint density at radius 2 is 1.91 bits per heavy atom. The van der Waals surface area contributed by atoms with Crippen molar-refractivity contribution in [3.05, 3.63) is 70.2 Å².